The summed E-state index contributed by atoms with van der Waals surface area (Å²) >= 11 is 6.01. The molecule has 5 rings (SSSR count). The number of tetrazole rings is 1. The second-order valence-electron chi connectivity index (χ2n) is 6.52. The molecule has 0 fully saturated rings. The Hall–Kier alpha value is -4.12. The molecule has 2 N–H and O–H groups in total. The van der Waals surface area contributed by atoms with Crippen LogP contribution >= 0.6 is 11.6 Å². The fraction of sp³-hybridized carbons (Fsp3) is 0.0556. The fourth-order valence-corrected chi connectivity index (χ4v) is 3.61. The van der Waals surface area contributed by atoms with E-state index >= 15 is 0 Å². The van der Waals surface area contributed by atoms with E-state index in [4.69, 9.17) is 11.6 Å². The number of nitro benzene ring substituents is 1. The molecule has 0 spiro atoms. The van der Waals surface area contributed by atoms with Gasteiger partial charge in [0, 0.05) is 28.3 Å². The van der Waals surface area contributed by atoms with Crippen molar-refractivity contribution in [2.75, 3.05) is 5.32 Å². The average molecular weight is 423 g/mol. The van der Waals surface area contributed by atoms with E-state index in [0.717, 1.165) is 0 Å². The van der Waals surface area contributed by atoms with E-state index in [0.29, 0.717) is 27.4 Å². The quantitative estimate of drug-likeness (QED) is 0.333. The van der Waals surface area contributed by atoms with Gasteiger partial charge in [0.2, 0.25) is 5.95 Å². The highest BCUT2D eigenvalue weighted by molar-refractivity contribution is 6.30. The molecule has 30 heavy (non-hydrogen) atoms. The van der Waals surface area contributed by atoms with Gasteiger partial charge in [0.15, 0.2) is 0 Å². The Kier molecular flexibility index (Phi) is 4.03. The highest BCUT2D eigenvalue weighted by Gasteiger charge is 2.34. The van der Waals surface area contributed by atoms with E-state index in [9.17, 15) is 14.9 Å². The summed E-state index contributed by atoms with van der Waals surface area (Å²) in [5.41, 5.74) is 1.84. The Morgan fingerprint density at radius 2 is 1.97 bits per heavy atom. The predicted octanol–water partition coefficient (Wildman–Crippen LogP) is 2.68. The third kappa shape index (κ3) is 2.79. The molecule has 12 heteroatoms. The number of hydrogen-bond acceptors (Lipinski definition) is 8. The Bertz CT molecular complexity index is 1350. The van der Waals surface area contributed by atoms with E-state index in [-0.39, 0.29) is 17.3 Å². The second-order valence-corrected chi connectivity index (χ2v) is 6.96. The Morgan fingerprint density at radius 3 is 2.73 bits per heavy atom. The van der Waals surface area contributed by atoms with Crippen LogP contribution in [0.25, 0.3) is 11.3 Å². The molecule has 0 amide bonds. The van der Waals surface area contributed by atoms with Crippen molar-refractivity contribution in [2.24, 2.45) is 0 Å². The van der Waals surface area contributed by atoms with E-state index in [1.54, 1.807) is 36.4 Å². The monoisotopic (exact) mass is 422 g/mol. The largest absolute Gasteiger partial charge is 0.318 e. The van der Waals surface area contributed by atoms with Crippen molar-refractivity contribution in [2.45, 2.75) is 6.04 Å². The van der Waals surface area contributed by atoms with Crippen molar-refractivity contribution < 1.29 is 4.92 Å². The molecule has 3 heterocycles. The molecule has 148 valence electrons. The smallest absolute Gasteiger partial charge is 0.288 e. The van der Waals surface area contributed by atoms with Crippen LogP contribution in [0.3, 0.4) is 0 Å². The van der Waals surface area contributed by atoms with Crippen LogP contribution in [-0.2, 0) is 0 Å². The SMILES string of the molecule is O=c1[nH]nc(-c2ccc(Cl)cc2)c2c1Nc1nnnn1[C@@H]2c1cccc([N+](=O)[O-])c1. The molecule has 0 unspecified atom stereocenters. The molecular formula is C18H11ClN8O3. The van der Waals surface area contributed by atoms with E-state index in [2.05, 4.69) is 31.0 Å². The van der Waals surface area contributed by atoms with Gasteiger partial charge >= 0.3 is 0 Å². The fourth-order valence-electron chi connectivity index (χ4n) is 3.48. The van der Waals surface area contributed by atoms with Crippen LogP contribution in [0.1, 0.15) is 17.2 Å². The molecule has 2 aromatic heterocycles. The summed E-state index contributed by atoms with van der Waals surface area (Å²) in [6, 6.07) is 12.3. The van der Waals surface area contributed by atoms with Crippen LogP contribution in [0.2, 0.25) is 5.02 Å². The first-order valence-corrected chi connectivity index (χ1v) is 9.08. The summed E-state index contributed by atoms with van der Waals surface area (Å²) in [5, 5.41) is 33.1. The van der Waals surface area contributed by atoms with Crippen LogP contribution in [0.4, 0.5) is 17.3 Å². The number of halogens is 1. The zero-order chi connectivity index (χ0) is 20.8. The van der Waals surface area contributed by atoms with Crippen molar-refractivity contribution in [1.82, 2.24) is 30.4 Å². The number of rotatable bonds is 3. The number of fused-ring (bicyclic) bond motifs is 2. The van der Waals surface area contributed by atoms with Crippen LogP contribution in [0.5, 0.6) is 0 Å². The highest BCUT2D eigenvalue weighted by atomic mass is 35.5. The Morgan fingerprint density at radius 1 is 1.17 bits per heavy atom. The number of nitrogens with zero attached hydrogens (tertiary/aromatic N) is 6. The summed E-state index contributed by atoms with van der Waals surface area (Å²) in [6.07, 6.45) is 0. The summed E-state index contributed by atoms with van der Waals surface area (Å²) in [4.78, 5) is 23.4. The Balaban J connectivity index is 1.81. The minimum absolute atomic E-state index is 0.0898. The third-order valence-electron chi connectivity index (χ3n) is 4.78. The van der Waals surface area contributed by atoms with Gasteiger partial charge in [0.05, 0.1) is 10.6 Å². The molecule has 4 aromatic rings. The molecule has 1 aliphatic heterocycles. The number of nitrogens with one attached hydrogen (secondary N) is 2. The maximum Gasteiger partial charge on any atom is 0.288 e. The normalized spacial score (nSPS) is 14.5. The van der Waals surface area contributed by atoms with Crippen molar-refractivity contribution in [3.8, 4) is 11.3 Å². The maximum atomic E-state index is 12.6. The van der Waals surface area contributed by atoms with Gasteiger partial charge in [-0.3, -0.25) is 14.9 Å². The van der Waals surface area contributed by atoms with Gasteiger partial charge in [-0.2, -0.15) is 9.78 Å². The van der Waals surface area contributed by atoms with Crippen molar-refractivity contribution >= 4 is 28.9 Å². The molecule has 0 radical (unpaired) electrons. The summed E-state index contributed by atoms with van der Waals surface area (Å²) in [7, 11) is 0. The molecule has 0 saturated carbocycles. The first kappa shape index (κ1) is 17.9. The molecule has 11 nitrogen and oxygen atoms in total. The zero-order valence-electron chi connectivity index (χ0n) is 15.0. The van der Waals surface area contributed by atoms with Crippen molar-refractivity contribution in [3.05, 3.63) is 85.1 Å². The minimum Gasteiger partial charge on any atom is -0.318 e. The highest BCUT2D eigenvalue weighted by Crippen LogP contribution is 2.41. The van der Waals surface area contributed by atoms with Crippen LogP contribution in [-0.4, -0.2) is 35.3 Å². The van der Waals surface area contributed by atoms with Crippen LogP contribution in [0, 0.1) is 10.1 Å². The first-order chi connectivity index (χ1) is 14.5. The molecular weight excluding hydrogens is 412 g/mol. The first-order valence-electron chi connectivity index (χ1n) is 8.70. The standard InChI is InChI=1S/C18H11ClN8O3/c19-11-6-4-9(5-7-11)14-13-15(17(28)22-21-14)20-18-23-24-25-26(18)16(13)10-2-1-3-12(8-10)27(29)30/h1-8,16H,(H,22,28)(H,20,23,25)/t16-/m1/s1. The molecule has 2 aromatic carbocycles. The van der Waals surface area contributed by atoms with Gasteiger partial charge in [0.25, 0.3) is 11.2 Å². The molecule has 0 bridgehead atoms. The lowest BCUT2D eigenvalue weighted by Crippen LogP contribution is -2.29. The van der Waals surface area contributed by atoms with Gasteiger partial charge in [-0.1, -0.05) is 41.0 Å². The minimum atomic E-state index is -0.716. The topological polar surface area (TPSA) is 145 Å². The number of aromatic nitrogens is 6. The number of anilines is 2. The van der Waals surface area contributed by atoms with E-state index in [1.165, 1.54) is 16.8 Å². The molecule has 0 aliphatic carbocycles. The third-order valence-corrected chi connectivity index (χ3v) is 5.03. The maximum absolute atomic E-state index is 12.6. The number of aromatic amines is 1. The number of nitro groups is 1. The lowest BCUT2D eigenvalue weighted by Gasteiger charge is -2.27. The lowest BCUT2D eigenvalue weighted by molar-refractivity contribution is -0.384. The van der Waals surface area contributed by atoms with Crippen LogP contribution in [0.15, 0.2) is 53.3 Å². The Labute approximate surface area is 172 Å². The van der Waals surface area contributed by atoms with E-state index in [1.807, 2.05) is 0 Å². The number of benzene rings is 2. The van der Waals surface area contributed by atoms with Gasteiger partial charge < -0.3 is 5.32 Å². The number of hydrogen-bond donors (Lipinski definition) is 2. The predicted molar refractivity (Wildman–Crippen MR) is 107 cm³/mol. The summed E-state index contributed by atoms with van der Waals surface area (Å²) in [6.45, 7) is 0. The van der Waals surface area contributed by atoms with Crippen LogP contribution < -0.4 is 10.9 Å². The van der Waals surface area contributed by atoms with Crippen molar-refractivity contribution in [3.63, 3.8) is 0 Å². The molecule has 0 saturated heterocycles. The molecule has 1 atom stereocenters. The van der Waals surface area contributed by atoms with Crippen molar-refractivity contribution in [1.29, 1.82) is 0 Å². The van der Waals surface area contributed by atoms with Gasteiger partial charge in [0.1, 0.15) is 11.7 Å². The van der Waals surface area contributed by atoms with Gasteiger partial charge in [-0.05, 0) is 28.1 Å². The number of non-ortho nitro benzene ring substituents is 1. The summed E-state index contributed by atoms with van der Waals surface area (Å²) in [5.74, 6) is 0.234. The van der Waals surface area contributed by atoms with Gasteiger partial charge in [-0.15, -0.1) is 0 Å². The molecule has 1 aliphatic rings. The summed E-state index contributed by atoms with van der Waals surface area (Å²) < 4.78 is 1.46. The second kappa shape index (κ2) is 6.74. The average Bonchev–Trinajstić information content (AvgIpc) is 3.22. The lowest BCUT2D eigenvalue weighted by atomic mass is 9.92. The van der Waals surface area contributed by atoms with E-state index < -0.39 is 16.5 Å². The zero-order valence-corrected chi connectivity index (χ0v) is 15.7. The number of H-pyrrole nitrogens is 1. The van der Waals surface area contributed by atoms with Gasteiger partial charge in [-0.25, -0.2) is 5.10 Å².